The fraction of sp³-hybridized carbons (Fsp3) is 0.565. The minimum absolute atomic E-state index is 0.00785. The summed E-state index contributed by atoms with van der Waals surface area (Å²) in [5.41, 5.74) is 2.09. The number of halogens is 1. The molecule has 0 radical (unpaired) electrons. The molecule has 5 nitrogen and oxygen atoms in total. The normalized spacial score (nSPS) is 21.4. The summed E-state index contributed by atoms with van der Waals surface area (Å²) in [6.07, 6.45) is 3.62. The number of carbonyl (C=O) groups is 2. The van der Waals surface area contributed by atoms with Crippen molar-refractivity contribution in [1.82, 2.24) is 16.0 Å². The maximum atomic E-state index is 13.0. The summed E-state index contributed by atoms with van der Waals surface area (Å²) in [6, 6.07) is 6.03. The van der Waals surface area contributed by atoms with Crippen LogP contribution in [0.4, 0.5) is 9.18 Å². The molecule has 0 fully saturated rings. The number of nitrogens with one attached hydrogen (secondary N) is 3. The summed E-state index contributed by atoms with van der Waals surface area (Å²) in [5.74, 6) is 1.08. The van der Waals surface area contributed by atoms with Gasteiger partial charge >= 0.3 is 6.03 Å². The van der Waals surface area contributed by atoms with Crippen LogP contribution in [0.5, 0.6) is 0 Å². The molecule has 0 bridgehead atoms. The molecular formula is C23H34FN3O2. The highest BCUT2D eigenvalue weighted by molar-refractivity contribution is 5.76. The van der Waals surface area contributed by atoms with E-state index in [-0.39, 0.29) is 29.6 Å². The lowest BCUT2D eigenvalue weighted by atomic mass is 9.70. The first-order chi connectivity index (χ1) is 13.8. The van der Waals surface area contributed by atoms with Gasteiger partial charge in [0, 0.05) is 26.1 Å². The lowest BCUT2D eigenvalue weighted by Gasteiger charge is -2.37. The van der Waals surface area contributed by atoms with Gasteiger partial charge in [-0.05, 0) is 61.6 Å². The number of benzene rings is 1. The number of urea groups is 1. The van der Waals surface area contributed by atoms with Crippen LogP contribution in [-0.4, -0.2) is 25.0 Å². The van der Waals surface area contributed by atoms with Crippen molar-refractivity contribution < 1.29 is 14.0 Å². The Hall–Kier alpha value is -2.37. The van der Waals surface area contributed by atoms with E-state index in [1.54, 1.807) is 12.1 Å². The van der Waals surface area contributed by atoms with Gasteiger partial charge in [0.25, 0.3) is 0 Å². The molecule has 3 unspecified atom stereocenters. The van der Waals surface area contributed by atoms with Gasteiger partial charge in [-0.3, -0.25) is 4.79 Å². The SMILES string of the molecule is CCNC(=O)NCC1C=C(C)C(CC(=O)NCc2ccc(F)cc2)CC1C(C)C. The highest BCUT2D eigenvalue weighted by atomic mass is 19.1. The molecule has 6 heteroatoms. The van der Waals surface area contributed by atoms with Crippen LogP contribution in [0.15, 0.2) is 35.9 Å². The molecular weight excluding hydrogens is 369 g/mol. The van der Waals surface area contributed by atoms with E-state index in [0.717, 1.165) is 12.0 Å². The second-order valence-electron chi connectivity index (χ2n) is 8.26. The van der Waals surface area contributed by atoms with Crippen LogP contribution < -0.4 is 16.0 Å². The van der Waals surface area contributed by atoms with Crippen molar-refractivity contribution in [3.05, 3.63) is 47.3 Å². The molecule has 1 aromatic rings. The molecule has 3 atom stereocenters. The van der Waals surface area contributed by atoms with Gasteiger partial charge in [0.15, 0.2) is 0 Å². The first kappa shape index (κ1) is 22.9. The third-order valence-electron chi connectivity index (χ3n) is 5.75. The zero-order valence-electron chi connectivity index (χ0n) is 17.9. The predicted octanol–water partition coefficient (Wildman–Crippen LogP) is 4.01. The summed E-state index contributed by atoms with van der Waals surface area (Å²) in [6.45, 7) is 9.99. The number of allylic oxidation sites excluding steroid dienone is 1. The fourth-order valence-electron chi connectivity index (χ4n) is 4.04. The van der Waals surface area contributed by atoms with E-state index in [0.29, 0.717) is 37.9 Å². The Balaban J connectivity index is 1.93. The van der Waals surface area contributed by atoms with E-state index in [4.69, 9.17) is 0 Å². The molecule has 160 valence electrons. The largest absolute Gasteiger partial charge is 0.352 e. The van der Waals surface area contributed by atoms with Crippen LogP contribution in [0.2, 0.25) is 0 Å². The van der Waals surface area contributed by atoms with Gasteiger partial charge in [-0.2, -0.15) is 0 Å². The summed E-state index contributed by atoms with van der Waals surface area (Å²) in [7, 11) is 0. The zero-order chi connectivity index (χ0) is 21.4. The van der Waals surface area contributed by atoms with E-state index in [1.165, 1.54) is 17.7 Å². The number of amides is 3. The molecule has 3 N–H and O–H groups in total. The van der Waals surface area contributed by atoms with E-state index in [2.05, 4.69) is 42.8 Å². The monoisotopic (exact) mass is 403 g/mol. The number of hydrogen-bond donors (Lipinski definition) is 3. The van der Waals surface area contributed by atoms with Gasteiger partial charge in [-0.1, -0.05) is 37.6 Å². The summed E-state index contributed by atoms with van der Waals surface area (Å²) < 4.78 is 13.0. The second kappa shape index (κ2) is 11.0. The summed E-state index contributed by atoms with van der Waals surface area (Å²) in [5, 5.41) is 8.66. The second-order valence-corrected chi connectivity index (χ2v) is 8.26. The molecule has 3 amide bonds. The standard InChI is InChI=1S/C23H34FN3O2/c1-5-25-23(29)27-14-19-10-16(4)18(11-21(19)15(2)3)12-22(28)26-13-17-6-8-20(24)9-7-17/h6-10,15,18-19,21H,5,11-14H2,1-4H3,(H,26,28)(H2,25,27,29). The Kier molecular flexibility index (Phi) is 8.68. The number of carbonyl (C=O) groups excluding carboxylic acids is 2. The maximum absolute atomic E-state index is 13.0. The van der Waals surface area contributed by atoms with E-state index >= 15 is 0 Å². The lowest BCUT2D eigenvalue weighted by Crippen LogP contribution is -2.41. The first-order valence-corrected chi connectivity index (χ1v) is 10.5. The number of rotatable bonds is 8. The van der Waals surface area contributed by atoms with Crippen molar-refractivity contribution >= 4 is 11.9 Å². The molecule has 0 spiro atoms. The average Bonchev–Trinajstić information content (AvgIpc) is 2.67. The Bertz CT molecular complexity index is 715. The lowest BCUT2D eigenvalue weighted by molar-refractivity contribution is -0.122. The summed E-state index contributed by atoms with van der Waals surface area (Å²) in [4.78, 5) is 24.2. The minimum Gasteiger partial charge on any atom is -0.352 e. The van der Waals surface area contributed by atoms with Gasteiger partial charge in [-0.15, -0.1) is 0 Å². The van der Waals surface area contributed by atoms with Crippen molar-refractivity contribution in [2.75, 3.05) is 13.1 Å². The molecule has 0 saturated carbocycles. The minimum atomic E-state index is -0.279. The van der Waals surface area contributed by atoms with Crippen LogP contribution in [-0.2, 0) is 11.3 Å². The molecule has 1 aromatic carbocycles. The van der Waals surface area contributed by atoms with Crippen LogP contribution in [0, 0.1) is 29.5 Å². The van der Waals surface area contributed by atoms with E-state index in [9.17, 15) is 14.0 Å². The molecule has 2 rings (SSSR count). The van der Waals surface area contributed by atoms with E-state index < -0.39 is 0 Å². The van der Waals surface area contributed by atoms with Gasteiger partial charge in [0.2, 0.25) is 5.91 Å². The van der Waals surface area contributed by atoms with Crippen LogP contribution >= 0.6 is 0 Å². The predicted molar refractivity (Wildman–Crippen MR) is 114 cm³/mol. The van der Waals surface area contributed by atoms with Crippen molar-refractivity contribution in [1.29, 1.82) is 0 Å². The first-order valence-electron chi connectivity index (χ1n) is 10.5. The van der Waals surface area contributed by atoms with Gasteiger partial charge in [-0.25, -0.2) is 9.18 Å². The Labute approximate surface area is 173 Å². The molecule has 0 saturated heterocycles. The van der Waals surface area contributed by atoms with Gasteiger partial charge in [0.1, 0.15) is 5.82 Å². The quantitative estimate of drug-likeness (QED) is 0.574. The third-order valence-corrected chi connectivity index (χ3v) is 5.75. The molecule has 1 aliphatic rings. The zero-order valence-corrected chi connectivity index (χ0v) is 17.9. The van der Waals surface area contributed by atoms with E-state index in [1.807, 2.05) is 6.92 Å². The smallest absolute Gasteiger partial charge is 0.314 e. The highest BCUT2D eigenvalue weighted by Crippen LogP contribution is 2.38. The molecule has 0 aliphatic heterocycles. The Morgan fingerprint density at radius 2 is 1.83 bits per heavy atom. The van der Waals surface area contributed by atoms with Crippen molar-refractivity contribution in [2.45, 2.75) is 47.1 Å². The molecule has 29 heavy (non-hydrogen) atoms. The van der Waals surface area contributed by atoms with Crippen molar-refractivity contribution in [3.63, 3.8) is 0 Å². The fourth-order valence-corrected chi connectivity index (χ4v) is 4.04. The summed E-state index contributed by atoms with van der Waals surface area (Å²) >= 11 is 0. The highest BCUT2D eigenvalue weighted by Gasteiger charge is 2.32. The average molecular weight is 404 g/mol. The van der Waals surface area contributed by atoms with Crippen LogP contribution in [0.1, 0.15) is 46.1 Å². The van der Waals surface area contributed by atoms with Gasteiger partial charge in [0.05, 0.1) is 0 Å². The molecule has 1 aliphatic carbocycles. The van der Waals surface area contributed by atoms with Gasteiger partial charge < -0.3 is 16.0 Å². The van der Waals surface area contributed by atoms with Crippen LogP contribution in [0.25, 0.3) is 0 Å². The van der Waals surface area contributed by atoms with Crippen LogP contribution in [0.3, 0.4) is 0 Å². The van der Waals surface area contributed by atoms with Crippen molar-refractivity contribution in [2.24, 2.45) is 23.7 Å². The molecule has 0 heterocycles. The molecule has 0 aromatic heterocycles. The maximum Gasteiger partial charge on any atom is 0.314 e. The van der Waals surface area contributed by atoms with Crippen molar-refractivity contribution in [3.8, 4) is 0 Å². The Morgan fingerprint density at radius 3 is 2.45 bits per heavy atom. The number of hydrogen-bond acceptors (Lipinski definition) is 2. The topological polar surface area (TPSA) is 70.2 Å². The third kappa shape index (κ3) is 7.18. The Morgan fingerprint density at radius 1 is 1.14 bits per heavy atom.